The Morgan fingerprint density at radius 3 is 3.17 bits per heavy atom. The molecule has 0 saturated carbocycles. The van der Waals surface area contributed by atoms with Crippen molar-refractivity contribution in [1.29, 1.82) is 0 Å². The molecule has 0 aliphatic carbocycles. The summed E-state index contributed by atoms with van der Waals surface area (Å²) in [6.45, 7) is 3.98. The average molecular weight is 349 g/mol. The van der Waals surface area contributed by atoms with Crippen molar-refractivity contribution in [3.8, 4) is 0 Å². The number of fused-ring (bicyclic) bond motifs is 1. The van der Waals surface area contributed by atoms with Crippen LogP contribution in [0, 0.1) is 0 Å². The van der Waals surface area contributed by atoms with Crippen LogP contribution in [-0.2, 0) is 14.3 Å². The summed E-state index contributed by atoms with van der Waals surface area (Å²) in [5, 5.41) is 3.30. The van der Waals surface area contributed by atoms with E-state index in [2.05, 4.69) is 10.3 Å². The molecule has 0 aromatic carbocycles. The summed E-state index contributed by atoms with van der Waals surface area (Å²) in [4.78, 5) is 31.1. The van der Waals surface area contributed by atoms with Gasteiger partial charge in [0.2, 0.25) is 11.8 Å². The number of aromatic nitrogens is 1. The van der Waals surface area contributed by atoms with Gasteiger partial charge in [-0.1, -0.05) is 18.7 Å². The van der Waals surface area contributed by atoms with Crippen LogP contribution in [0.3, 0.4) is 0 Å². The van der Waals surface area contributed by atoms with Crippen LogP contribution in [0.25, 0.3) is 0 Å². The Kier molecular flexibility index (Phi) is 5.73. The van der Waals surface area contributed by atoms with E-state index in [1.165, 1.54) is 11.8 Å². The third-order valence-corrected chi connectivity index (χ3v) is 5.40. The molecule has 1 fully saturated rings. The van der Waals surface area contributed by atoms with Gasteiger partial charge in [-0.05, 0) is 31.4 Å². The molecule has 24 heavy (non-hydrogen) atoms. The third-order valence-electron chi connectivity index (χ3n) is 4.21. The maximum atomic E-state index is 12.7. The number of carbonyl (C=O) groups is 2. The Labute approximate surface area is 146 Å². The van der Waals surface area contributed by atoms with Gasteiger partial charge in [0.25, 0.3) is 0 Å². The lowest BCUT2D eigenvalue weighted by molar-refractivity contribution is -0.125. The van der Waals surface area contributed by atoms with Crippen molar-refractivity contribution in [2.75, 3.05) is 24.6 Å². The number of ether oxygens (including phenoxy) is 1. The maximum Gasteiger partial charge on any atom is 0.241 e. The zero-order chi connectivity index (χ0) is 16.9. The zero-order valence-corrected chi connectivity index (χ0v) is 14.7. The Morgan fingerprint density at radius 1 is 1.54 bits per heavy atom. The Morgan fingerprint density at radius 2 is 2.42 bits per heavy atom. The molecule has 3 heterocycles. The average Bonchev–Trinajstić information content (AvgIpc) is 3.10. The summed E-state index contributed by atoms with van der Waals surface area (Å²) >= 11 is 1.39. The van der Waals surface area contributed by atoms with E-state index < -0.39 is 5.25 Å². The third kappa shape index (κ3) is 3.89. The minimum Gasteiger partial charge on any atom is -0.376 e. The van der Waals surface area contributed by atoms with Crippen molar-refractivity contribution < 1.29 is 14.3 Å². The van der Waals surface area contributed by atoms with Crippen LogP contribution in [-0.4, -0.2) is 47.8 Å². The van der Waals surface area contributed by atoms with Crippen molar-refractivity contribution >= 4 is 29.3 Å². The molecule has 1 N–H and O–H groups in total. The summed E-state index contributed by atoms with van der Waals surface area (Å²) in [7, 11) is 0. The summed E-state index contributed by atoms with van der Waals surface area (Å²) in [5.41, 5.74) is 0.852. The quantitative estimate of drug-likeness (QED) is 0.850. The zero-order valence-electron chi connectivity index (χ0n) is 13.9. The standard InChI is InChI=1S/C17H23N3O3S/c1-2-8-20-13-6-3-7-18-16(13)24-14(17(20)22)10-15(21)19-11-12-5-4-9-23-12/h3,6-7,12,14H,2,4-5,8-11H2,1H3,(H,19,21)/t12-,14+/m1/s1. The van der Waals surface area contributed by atoms with Crippen LogP contribution < -0.4 is 10.2 Å². The number of thioether (sulfide) groups is 1. The molecule has 1 aromatic rings. The number of hydrogen-bond acceptors (Lipinski definition) is 5. The minimum absolute atomic E-state index is 0.00498. The second-order valence-corrected chi connectivity index (χ2v) is 7.26. The predicted octanol–water partition coefficient (Wildman–Crippen LogP) is 1.98. The van der Waals surface area contributed by atoms with Crippen LogP contribution in [0.15, 0.2) is 23.4 Å². The lowest BCUT2D eigenvalue weighted by Crippen LogP contribution is -2.44. The van der Waals surface area contributed by atoms with Gasteiger partial charge in [-0.15, -0.1) is 0 Å². The van der Waals surface area contributed by atoms with Crippen molar-refractivity contribution in [2.24, 2.45) is 0 Å². The number of nitrogens with zero attached hydrogens (tertiary/aromatic N) is 2. The first-order valence-corrected chi connectivity index (χ1v) is 9.38. The first kappa shape index (κ1) is 17.2. The highest BCUT2D eigenvalue weighted by atomic mass is 32.2. The summed E-state index contributed by atoms with van der Waals surface area (Å²) < 4.78 is 5.50. The number of nitrogens with one attached hydrogen (secondary N) is 1. The number of hydrogen-bond donors (Lipinski definition) is 1. The van der Waals surface area contributed by atoms with E-state index in [4.69, 9.17) is 4.74 Å². The van der Waals surface area contributed by atoms with Gasteiger partial charge in [0.05, 0.1) is 17.0 Å². The number of carbonyl (C=O) groups excluding carboxylic acids is 2. The van der Waals surface area contributed by atoms with Gasteiger partial charge in [0.1, 0.15) is 5.03 Å². The molecule has 2 aliphatic heterocycles. The van der Waals surface area contributed by atoms with Gasteiger partial charge in [-0.25, -0.2) is 4.98 Å². The van der Waals surface area contributed by atoms with E-state index in [0.717, 1.165) is 36.6 Å². The molecule has 2 atom stereocenters. The highest BCUT2D eigenvalue weighted by Gasteiger charge is 2.35. The molecule has 7 heteroatoms. The molecule has 0 spiro atoms. The van der Waals surface area contributed by atoms with Gasteiger partial charge in [-0.2, -0.15) is 0 Å². The van der Waals surface area contributed by atoms with Gasteiger partial charge in [0.15, 0.2) is 0 Å². The molecule has 0 unspecified atom stereocenters. The Bertz CT molecular complexity index is 604. The second-order valence-electron chi connectivity index (χ2n) is 6.07. The molecule has 0 bridgehead atoms. The fourth-order valence-electron chi connectivity index (χ4n) is 3.01. The van der Waals surface area contributed by atoms with E-state index in [1.54, 1.807) is 11.1 Å². The van der Waals surface area contributed by atoms with E-state index in [-0.39, 0.29) is 24.3 Å². The number of pyridine rings is 1. The summed E-state index contributed by atoms with van der Waals surface area (Å²) in [6.07, 6.45) is 4.91. The summed E-state index contributed by atoms with van der Waals surface area (Å²) in [6, 6.07) is 3.75. The molecule has 6 nitrogen and oxygen atoms in total. The molecule has 2 amide bonds. The van der Waals surface area contributed by atoms with E-state index in [9.17, 15) is 9.59 Å². The highest BCUT2D eigenvalue weighted by molar-refractivity contribution is 8.00. The number of amides is 2. The Hall–Kier alpha value is -1.60. The van der Waals surface area contributed by atoms with Crippen molar-refractivity contribution in [3.63, 3.8) is 0 Å². The van der Waals surface area contributed by atoms with Crippen LogP contribution in [0.5, 0.6) is 0 Å². The Balaban J connectivity index is 1.63. The van der Waals surface area contributed by atoms with Crippen molar-refractivity contribution in [3.05, 3.63) is 18.3 Å². The van der Waals surface area contributed by atoms with Crippen LogP contribution >= 0.6 is 11.8 Å². The molecular formula is C17H23N3O3S. The smallest absolute Gasteiger partial charge is 0.241 e. The first-order chi connectivity index (χ1) is 11.7. The monoisotopic (exact) mass is 349 g/mol. The fourth-order valence-corrected chi connectivity index (χ4v) is 4.17. The highest BCUT2D eigenvalue weighted by Crippen LogP contribution is 2.38. The fraction of sp³-hybridized carbons (Fsp3) is 0.588. The van der Waals surface area contributed by atoms with Crippen LogP contribution in [0.2, 0.25) is 0 Å². The molecule has 1 aromatic heterocycles. The normalized spacial score (nSPS) is 23.2. The molecular weight excluding hydrogens is 326 g/mol. The lowest BCUT2D eigenvalue weighted by atomic mass is 10.2. The van der Waals surface area contributed by atoms with Gasteiger partial charge in [-0.3, -0.25) is 9.59 Å². The number of rotatable bonds is 6. The molecule has 130 valence electrons. The molecule has 2 aliphatic rings. The van der Waals surface area contributed by atoms with Crippen molar-refractivity contribution in [2.45, 2.75) is 49.0 Å². The number of anilines is 1. The molecule has 1 saturated heterocycles. The first-order valence-electron chi connectivity index (χ1n) is 8.50. The molecule has 0 radical (unpaired) electrons. The SMILES string of the molecule is CCCN1C(=O)[C@H](CC(=O)NC[C@H]2CCCO2)Sc2ncccc21. The maximum absolute atomic E-state index is 12.7. The van der Waals surface area contributed by atoms with Gasteiger partial charge in [0, 0.05) is 32.3 Å². The van der Waals surface area contributed by atoms with Crippen LogP contribution in [0.1, 0.15) is 32.6 Å². The van der Waals surface area contributed by atoms with Crippen LogP contribution in [0.4, 0.5) is 5.69 Å². The van der Waals surface area contributed by atoms with E-state index in [0.29, 0.717) is 13.1 Å². The van der Waals surface area contributed by atoms with Crippen molar-refractivity contribution in [1.82, 2.24) is 10.3 Å². The minimum atomic E-state index is -0.413. The molecule has 3 rings (SSSR count). The van der Waals surface area contributed by atoms with E-state index >= 15 is 0 Å². The van der Waals surface area contributed by atoms with E-state index in [1.807, 2.05) is 19.1 Å². The summed E-state index contributed by atoms with van der Waals surface area (Å²) in [5.74, 6) is -0.109. The topological polar surface area (TPSA) is 71.5 Å². The van der Waals surface area contributed by atoms with Gasteiger partial charge >= 0.3 is 0 Å². The second kappa shape index (κ2) is 7.98. The lowest BCUT2D eigenvalue weighted by Gasteiger charge is -2.32. The van der Waals surface area contributed by atoms with Gasteiger partial charge < -0.3 is 15.0 Å². The predicted molar refractivity (Wildman–Crippen MR) is 93.1 cm³/mol. The largest absolute Gasteiger partial charge is 0.376 e.